The average Bonchev–Trinajstić information content (AvgIpc) is 2.98. The first kappa shape index (κ1) is 20.7. The van der Waals surface area contributed by atoms with Gasteiger partial charge in [0.2, 0.25) is 0 Å². The van der Waals surface area contributed by atoms with E-state index >= 15 is 0 Å². The van der Waals surface area contributed by atoms with Crippen LogP contribution in [0.4, 0.5) is 5.82 Å². The molecule has 0 saturated heterocycles. The second kappa shape index (κ2) is 9.33. The van der Waals surface area contributed by atoms with Crippen molar-refractivity contribution in [1.29, 1.82) is 0 Å². The number of rotatable bonds is 7. The molecule has 0 radical (unpaired) electrons. The maximum absolute atomic E-state index is 4.31. The second-order valence-electron chi connectivity index (χ2n) is 6.71. The molecule has 8 nitrogen and oxygen atoms in total. The van der Waals surface area contributed by atoms with E-state index in [1.165, 1.54) is 25.7 Å². The molecule has 2 heterocycles. The lowest BCUT2D eigenvalue weighted by atomic mass is 9.67. The molecule has 1 saturated carbocycles. The van der Waals surface area contributed by atoms with Gasteiger partial charge in [0.05, 0.1) is 11.6 Å². The summed E-state index contributed by atoms with van der Waals surface area (Å²) in [6, 6.07) is 0. The first-order valence-electron chi connectivity index (χ1n) is 8.98. The van der Waals surface area contributed by atoms with Crippen LogP contribution in [0.15, 0.2) is 17.5 Å². The Morgan fingerprint density at radius 2 is 2.08 bits per heavy atom. The fraction of sp³-hybridized carbons (Fsp3) is 0.647. The van der Waals surface area contributed by atoms with E-state index in [1.54, 1.807) is 17.2 Å². The highest BCUT2D eigenvalue weighted by atomic mass is 127. The zero-order valence-corrected chi connectivity index (χ0v) is 18.1. The van der Waals surface area contributed by atoms with Gasteiger partial charge in [-0.1, -0.05) is 13.3 Å². The fourth-order valence-electron chi connectivity index (χ4n) is 3.29. The summed E-state index contributed by atoms with van der Waals surface area (Å²) in [5.74, 6) is 1.66. The van der Waals surface area contributed by atoms with Gasteiger partial charge >= 0.3 is 0 Å². The summed E-state index contributed by atoms with van der Waals surface area (Å²) in [4.78, 5) is 12.9. The van der Waals surface area contributed by atoms with Gasteiger partial charge in [0.1, 0.15) is 12.1 Å². The van der Waals surface area contributed by atoms with Crippen LogP contribution in [0.3, 0.4) is 0 Å². The van der Waals surface area contributed by atoms with E-state index < -0.39 is 0 Å². The topological polar surface area (TPSA) is 92.1 Å². The van der Waals surface area contributed by atoms with Gasteiger partial charge in [0.25, 0.3) is 0 Å². The second-order valence-corrected chi connectivity index (χ2v) is 6.71. The maximum Gasteiger partial charge on any atom is 0.191 e. The molecular formula is C17H29IN8. The summed E-state index contributed by atoms with van der Waals surface area (Å²) in [7, 11) is 3.69. The molecular weight excluding hydrogens is 443 g/mol. The molecule has 1 aliphatic carbocycles. The van der Waals surface area contributed by atoms with Crippen LogP contribution in [0.5, 0.6) is 0 Å². The summed E-state index contributed by atoms with van der Waals surface area (Å²) in [5.41, 5.74) is 1.30. The van der Waals surface area contributed by atoms with Crippen LogP contribution in [0.25, 0.3) is 11.0 Å². The highest BCUT2D eigenvalue weighted by Crippen LogP contribution is 2.42. The van der Waals surface area contributed by atoms with Gasteiger partial charge in [-0.25, -0.2) is 9.97 Å². The van der Waals surface area contributed by atoms with Crippen molar-refractivity contribution in [3.05, 3.63) is 12.5 Å². The van der Waals surface area contributed by atoms with Crippen molar-refractivity contribution in [2.75, 3.05) is 32.0 Å². The van der Waals surface area contributed by atoms with Gasteiger partial charge in [-0.15, -0.1) is 24.0 Å². The summed E-state index contributed by atoms with van der Waals surface area (Å²) in [5, 5.41) is 15.3. The quantitative estimate of drug-likeness (QED) is 0.248. The third-order valence-corrected chi connectivity index (χ3v) is 5.26. The number of aliphatic imine (C=N–C) groups is 1. The number of halogens is 1. The fourth-order valence-corrected chi connectivity index (χ4v) is 3.29. The molecule has 0 bridgehead atoms. The first-order valence-corrected chi connectivity index (χ1v) is 8.98. The minimum Gasteiger partial charge on any atom is -0.368 e. The van der Waals surface area contributed by atoms with Crippen LogP contribution in [0.1, 0.15) is 32.6 Å². The normalized spacial score (nSPS) is 15.9. The largest absolute Gasteiger partial charge is 0.368 e. The van der Waals surface area contributed by atoms with Crippen LogP contribution in [0.2, 0.25) is 0 Å². The van der Waals surface area contributed by atoms with E-state index in [1.807, 2.05) is 14.1 Å². The zero-order valence-electron chi connectivity index (χ0n) is 15.7. The summed E-state index contributed by atoms with van der Waals surface area (Å²) >= 11 is 0. The molecule has 0 atom stereocenters. The molecule has 1 aliphatic rings. The Labute approximate surface area is 171 Å². The van der Waals surface area contributed by atoms with Gasteiger partial charge in [-0.05, 0) is 24.7 Å². The number of nitrogens with zero attached hydrogens (tertiary/aromatic N) is 5. The summed E-state index contributed by atoms with van der Waals surface area (Å²) in [6.07, 6.45) is 8.58. The van der Waals surface area contributed by atoms with E-state index in [4.69, 9.17) is 0 Å². The molecule has 3 rings (SSSR count). The third kappa shape index (κ3) is 4.54. The minimum atomic E-state index is 0. The van der Waals surface area contributed by atoms with Crippen LogP contribution in [-0.2, 0) is 7.05 Å². The van der Waals surface area contributed by atoms with Gasteiger partial charge in [-0.3, -0.25) is 9.67 Å². The van der Waals surface area contributed by atoms with Crippen molar-refractivity contribution in [2.45, 2.75) is 32.6 Å². The van der Waals surface area contributed by atoms with Crippen molar-refractivity contribution in [3.63, 3.8) is 0 Å². The lowest BCUT2D eigenvalue weighted by Gasteiger charge is -2.41. The maximum atomic E-state index is 4.31. The highest BCUT2D eigenvalue weighted by Gasteiger charge is 2.34. The number of nitrogens with one attached hydrogen (secondary N) is 3. The Balaban J connectivity index is 0.00000243. The van der Waals surface area contributed by atoms with Gasteiger partial charge < -0.3 is 16.0 Å². The Morgan fingerprint density at radius 1 is 1.27 bits per heavy atom. The summed E-state index contributed by atoms with van der Waals surface area (Å²) in [6.45, 7) is 4.77. The van der Waals surface area contributed by atoms with Crippen LogP contribution >= 0.6 is 24.0 Å². The van der Waals surface area contributed by atoms with E-state index in [0.717, 1.165) is 42.4 Å². The van der Waals surface area contributed by atoms with Gasteiger partial charge in [-0.2, -0.15) is 5.10 Å². The Hall–Kier alpha value is -1.65. The highest BCUT2D eigenvalue weighted by molar-refractivity contribution is 14.0. The van der Waals surface area contributed by atoms with Crippen LogP contribution in [0, 0.1) is 5.41 Å². The third-order valence-electron chi connectivity index (χ3n) is 5.26. The molecule has 2 aromatic rings. The SMILES string of the molecule is CCC1(CNC(=NC)NCCNc2ncnc3c2cnn3C)CCC1.I. The standard InChI is InChI=1S/C17H28N8.HI/c1-4-17(6-5-7-17)11-21-16(18-2)20-9-8-19-14-13-10-24-25(3)15(13)23-12-22-14;/h10,12H,4-9,11H2,1-3H3,(H2,18,20,21)(H,19,22,23);1H. The molecule has 0 unspecified atom stereocenters. The lowest BCUT2D eigenvalue weighted by molar-refractivity contribution is 0.131. The Bertz CT molecular complexity index is 732. The number of guanidine groups is 1. The molecule has 26 heavy (non-hydrogen) atoms. The number of hydrogen-bond donors (Lipinski definition) is 3. The van der Waals surface area contributed by atoms with E-state index in [0.29, 0.717) is 5.41 Å². The zero-order chi connectivity index (χ0) is 17.7. The Kier molecular flexibility index (Phi) is 7.42. The molecule has 0 amide bonds. The number of fused-ring (bicyclic) bond motifs is 1. The lowest BCUT2D eigenvalue weighted by Crippen LogP contribution is -2.47. The van der Waals surface area contributed by atoms with E-state index in [-0.39, 0.29) is 24.0 Å². The molecule has 0 spiro atoms. The Morgan fingerprint density at radius 3 is 2.73 bits per heavy atom. The smallest absolute Gasteiger partial charge is 0.191 e. The first-order chi connectivity index (χ1) is 12.2. The molecule has 1 fully saturated rings. The van der Waals surface area contributed by atoms with Crippen molar-refractivity contribution in [1.82, 2.24) is 30.4 Å². The van der Waals surface area contributed by atoms with Crippen LogP contribution < -0.4 is 16.0 Å². The minimum absolute atomic E-state index is 0. The van der Waals surface area contributed by atoms with E-state index in [2.05, 4.69) is 42.9 Å². The number of anilines is 1. The van der Waals surface area contributed by atoms with Crippen molar-refractivity contribution in [3.8, 4) is 0 Å². The molecule has 9 heteroatoms. The van der Waals surface area contributed by atoms with Gasteiger partial charge in [0, 0.05) is 33.7 Å². The number of hydrogen-bond acceptors (Lipinski definition) is 5. The van der Waals surface area contributed by atoms with Crippen molar-refractivity contribution in [2.24, 2.45) is 17.5 Å². The average molecular weight is 472 g/mol. The predicted molar refractivity (Wildman–Crippen MR) is 116 cm³/mol. The summed E-state index contributed by atoms with van der Waals surface area (Å²) < 4.78 is 1.75. The predicted octanol–water partition coefficient (Wildman–Crippen LogP) is 2.14. The van der Waals surface area contributed by atoms with Crippen molar-refractivity contribution >= 4 is 46.8 Å². The molecule has 0 aromatic carbocycles. The molecule has 2 aromatic heterocycles. The van der Waals surface area contributed by atoms with Gasteiger partial charge in [0.15, 0.2) is 11.6 Å². The number of aryl methyl sites for hydroxylation is 1. The number of aromatic nitrogens is 4. The molecule has 0 aliphatic heterocycles. The van der Waals surface area contributed by atoms with E-state index in [9.17, 15) is 0 Å². The van der Waals surface area contributed by atoms with Crippen molar-refractivity contribution < 1.29 is 0 Å². The molecule has 3 N–H and O–H groups in total. The van der Waals surface area contributed by atoms with Crippen LogP contribution in [-0.4, -0.2) is 52.4 Å². The monoisotopic (exact) mass is 472 g/mol. The molecule has 144 valence electrons.